The summed E-state index contributed by atoms with van der Waals surface area (Å²) >= 11 is 3.15. The molecule has 0 aliphatic carbocycles. The van der Waals surface area contributed by atoms with Gasteiger partial charge in [-0.3, -0.25) is 9.59 Å². The van der Waals surface area contributed by atoms with Crippen molar-refractivity contribution in [3.8, 4) is 0 Å². The number of fused-ring (bicyclic) bond motifs is 1. The molecule has 126 valence electrons. The SMILES string of the molecule is O=C(CNC(=O)c1ccc2ccccc2c1)Nc1ccc(Br)cc1F. The van der Waals surface area contributed by atoms with Gasteiger partial charge >= 0.3 is 0 Å². The molecule has 0 unspecified atom stereocenters. The van der Waals surface area contributed by atoms with E-state index in [4.69, 9.17) is 0 Å². The van der Waals surface area contributed by atoms with Gasteiger partial charge in [0.15, 0.2) is 0 Å². The molecule has 4 nitrogen and oxygen atoms in total. The van der Waals surface area contributed by atoms with E-state index in [2.05, 4.69) is 26.6 Å². The highest BCUT2D eigenvalue weighted by Gasteiger charge is 2.11. The fourth-order valence-corrected chi connectivity index (χ4v) is 2.71. The topological polar surface area (TPSA) is 58.2 Å². The minimum absolute atomic E-state index is 0.0631. The molecule has 0 radical (unpaired) electrons. The van der Waals surface area contributed by atoms with Crippen molar-refractivity contribution in [3.05, 3.63) is 76.5 Å². The molecular weight excluding hydrogens is 387 g/mol. The van der Waals surface area contributed by atoms with Crippen molar-refractivity contribution in [2.24, 2.45) is 0 Å². The van der Waals surface area contributed by atoms with Crippen LogP contribution in [0.3, 0.4) is 0 Å². The molecule has 6 heteroatoms. The van der Waals surface area contributed by atoms with E-state index in [0.29, 0.717) is 10.0 Å². The van der Waals surface area contributed by atoms with E-state index in [1.165, 1.54) is 12.1 Å². The van der Waals surface area contributed by atoms with E-state index >= 15 is 0 Å². The zero-order chi connectivity index (χ0) is 17.8. The highest BCUT2D eigenvalue weighted by Crippen LogP contribution is 2.19. The Morgan fingerprint density at radius 1 is 0.960 bits per heavy atom. The molecule has 0 aliphatic heterocycles. The summed E-state index contributed by atoms with van der Waals surface area (Å²) in [5.41, 5.74) is 0.523. The minimum atomic E-state index is -0.552. The molecule has 3 aromatic rings. The fraction of sp³-hybridized carbons (Fsp3) is 0.0526. The van der Waals surface area contributed by atoms with Crippen LogP contribution in [0.25, 0.3) is 10.8 Å². The zero-order valence-electron chi connectivity index (χ0n) is 13.1. The van der Waals surface area contributed by atoms with Gasteiger partial charge in [-0.1, -0.05) is 46.3 Å². The molecule has 0 aromatic heterocycles. The third-order valence-electron chi connectivity index (χ3n) is 3.63. The summed E-state index contributed by atoms with van der Waals surface area (Å²) in [7, 11) is 0. The van der Waals surface area contributed by atoms with Crippen LogP contribution in [0.1, 0.15) is 10.4 Å². The lowest BCUT2D eigenvalue weighted by molar-refractivity contribution is -0.115. The highest BCUT2D eigenvalue weighted by atomic mass is 79.9. The molecule has 0 bridgehead atoms. The monoisotopic (exact) mass is 400 g/mol. The predicted octanol–water partition coefficient (Wildman–Crippen LogP) is 4.11. The molecule has 0 saturated carbocycles. The standard InChI is InChI=1S/C19H14BrFN2O2/c20-15-7-8-17(16(21)10-15)23-18(24)11-22-19(25)14-6-5-12-3-1-2-4-13(12)9-14/h1-10H,11H2,(H,22,25)(H,23,24). The predicted molar refractivity (Wildman–Crippen MR) is 99.0 cm³/mol. The lowest BCUT2D eigenvalue weighted by atomic mass is 10.1. The van der Waals surface area contributed by atoms with Crippen molar-refractivity contribution in [2.75, 3.05) is 11.9 Å². The van der Waals surface area contributed by atoms with Gasteiger partial charge in [-0.25, -0.2) is 4.39 Å². The lowest BCUT2D eigenvalue weighted by Gasteiger charge is -2.08. The van der Waals surface area contributed by atoms with Gasteiger partial charge in [0.1, 0.15) is 5.82 Å². The number of benzene rings is 3. The molecule has 2 N–H and O–H groups in total. The van der Waals surface area contributed by atoms with E-state index < -0.39 is 11.7 Å². The average Bonchev–Trinajstić information content (AvgIpc) is 2.61. The van der Waals surface area contributed by atoms with E-state index in [-0.39, 0.29) is 18.1 Å². The number of carbonyl (C=O) groups excluding carboxylic acids is 2. The number of nitrogens with one attached hydrogen (secondary N) is 2. The Balaban J connectivity index is 1.61. The van der Waals surface area contributed by atoms with E-state index in [1.54, 1.807) is 18.2 Å². The number of hydrogen-bond acceptors (Lipinski definition) is 2. The Labute approximate surface area is 152 Å². The van der Waals surface area contributed by atoms with Crippen LogP contribution >= 0.6 is 15.9 Å². The first kappa shape index (κ1) is 17.1. The zero-order valence-corrected chi connectivity index (χ0v) is 14.6. The Bertz CT molecular complexity index is 959. The summed E-state index contributed by atoms with van der Waals surface area (Å²) in [6.07, 6.45) is 0. The van der Waals surface area contributed by atoms with Gasteiger partial charge in [0.05, 0.1) is 12.2 Å². The fourth-order valence-electron chi connectivity index (χ4n) is 2.38. The summed E-state index contributed by atoms with van der Waals surface area (Å²) in [5.74, 6) is -1.42. The van der Waals surface area contributed by atoms with Gasteiger partial charge in [0.2, 0.25) is 5.91 Å². The van der Waals surface area contributed by atoms with E-state index in [9.17, 15) is 14.0 Å². The first-order valence-corrected chi connectivity index (χ1v) is 8.34. The van der Waals surface area contributed by atoms with Crippen LogP contribution in [0.5, 0.6) is 0 Å². The smallest absolute Gasteiger partial charge is 0.251 e. The van der Waals surface area contributed by atoms with E-state index in [1.807, 2.05) is 30.3 Å². The van der Waals surface area contributed by atoms with Crippen molar-refractivity contribution in [1.29, 1.82) is 0 Å². The molecule has 0 aliphatic rings. The lowest BCUT2D eigenvalue weighted by Crippen LogP contribution is -2.33. The summed E-state index contributed by atoms with van der Waals surface area (Å²) < 4.78 is 14.3. The number of carbonyl (C=O) groups is 2. The third kappa shape index (κ3) is 4.22. The number of hydrogen-bond donors (Lipinski definition) is 2. The van der Waals surface area contributed by atoms with Crippen LogP contribution in [0.15, 0.2) is 65.1 Å². The largest absolute Gasteiger partial charge is 0.343 e. The quantitative estimate of drug-likeness (QED) is 0.692. The highest BCUT2D eigenvalue weighted by molar-refractivity contribution is 9.10. The molecule has 0 fully saturated rings. The number of amides is 2. The molecule has 3 aromatic carbocycles. The van der Waals surface area contributed by atoms with Gasteiger partial charge in [-0.2, -0.15) is 0 Å². The Kier molecular flexibility index (Phi) is 5.09. The molecule has 0 atom stereocenters. The van der Waals surface area contributed by atoms with Crippen LogP contribution in [0, 0.1) is 5.82 Å². The second kappa shape index (κ2) is 7.44. The second-order valence-electron chi connectivity index (χ2n) is 5.42. The average molecular weight is 401 g/mol. The summed E-state index contributed by atoms with van der Waals surface area (Å²) in [4.78, 5) is 24.1. The molecule has 25 heavy (non-hydrogen) atoms. The first-order valence-electron chi connectivity index (χ1n) is 7.55. The Hall–Kier alpha value is -2.73. The van der Waals surface area contributed by atoms with Gasteiger partial charge in [0, 0.05) is 10.0 Å². The number of rotatable bonds is 4. The summed E-state index contributed by atoms with van der Waals surface area (Å²) in [6.45, 7) is -0.249. The van der Waals surface area contributed by atoms with Crippen molar-refractivity contribution >= 4 is 44.2 Å². The maximum Gasteiger partial charge on any atom is 0.251 e. The Morgan fingerprint density at radius 2 is 1.72 bits per heavy atom. The molecule has 3 rings (SSSR count). The first-order chi connectivity index (χ1) is 12.0. The molecule has 0 heterocycles. The van der Waals surface area contributed by atoms with Crippen LogP contribution < -0.4 is 10.6 Å². The van der Waals surface area contributed by atoms with Gasteiger partial charge in [-0.05, 0) is 41.1 Å². The Morgan fingerprint density at radius 3 is 2.48 bits per heavy atom. The van der Waals surface area contributed by atoms with Crippen molar-refractivity contribution in [2.45, 2.75) is 0 Å². The van der Waals surface area contributed by atoms with Crippen molar-refractivity contribution in [3.63, 3.8) is 0 Å². The molecule has 0 saturated heterocycles. The van der Waals surface area contributed by atoms with Crippen molar-refractivity contribution < 1.29 is 14.0 Å². The van der Waals surface area contributed by atoms with E-state index in [0.717, 1.165) is 10.8 Å². The number of halogens is 2. The van der Waals surface area contributed by atoms with Gasteiger partial charge in [0.25, 0.3) is 5.91 Å². The second-order valence-corrected chi connectivity index (χ2v) is 6.33. The van der Waals surface area contributed by atoms with Crippen LogP contribution in [-0.4, -0.2) is 18.4 Å². The van der Waals surface area contributed by atoms with Crippen molar-refractivity contribution in [1.82, 2.24) is 5.32 Å². The van der Waals surface area contributed by atoms with Gasteiger partial charge in [-0.15, -0.1) is 0 Å². The molecule has 2 amide bonds. The number of anilines is 1. The molecule has 0 spiro atoms. The maximum atomic E-state index is 13.7. The van der Waals surface area contributed by atoms with Crippen LogP contribution in [0.2, 0.25) is 0 Å². The minimum Gasteiger partial charge on any atom is -0.343 e. The van der Waals surface area contributed by atoms with Gasteiger partial charge < -0.3 is 10.6 Å². The normalized spacial score (nSPS) is 10.5. The van der Waals surface area contributed by atoms with Crippen LogP contribution in [0.4, 0.5) is 10.1 Å². The van der Waals surface area contributed by atoms with Crippen LogP contribution in [-0.2, 0) is 4.79 Å². The summed E-state index contributed by atoms with van der Waals surface area (Å²) in [6, 6.07) is 17.3. The maximum absolute atomic E-state index is 13.7. The third-order valence-corrected chi connectivity index (χ3v) is 4.12. The summed E-state index contributed by atoms with van der Waals surface area (Å²) in [5, 5.41) is 6.93. The molecular formula is C19H14BrFN2O2.